The van der Waals surface area contributed by atoms with E-state index in [1.165, 1.54) is 20.3 Å². The SMILES string of the molecule is COc1cccc(S(=O)(=O)c2ccc(CNC(=O)C3CC4CNCCC4N3)cc2)c1OC. The van der Waals surface area contributed by atoms with Crippen molar-refractivity contribution in [2.24, 2.45) is 5.92 Å². The Morgan fingerprint density at radius 2 is 1.91 bits per heavy atom. The summed E-state index contributed by atoms with van der Waals surface area (Å²) in [6.07, 6.45) is 1.88. The zero-order chi connectivity index (χ0) is 22.7. The van der Waals surface area contributed by atoms with Crippen LogP contribution in [0.1, 0.15) is 18.4 Å². The molecule has 2 heterocycles. The number of carbonyl (C=O) groups excluding carboxylic acids is 1. The van der Waals surface area contributed by atoms with E-state index in [0.717, 1.165) is 31.5 Å². The summed E-state index contributed by atoms with van der Waals surface area (Å²) in [7, 11) is -0.924. The number of fused-ring (bicyclic) bond motifs is 1. The summed E-state index contributed by atoms with van der Waals surface area (Å²) in [6, 6.07) is 11.5. The second-order valence-corrected chi connectivity index (χ2v) is 10.1. The molecule has 0 aromatic heterocycles. The molecule has 32 heavy (non-hydrogen) atoms. The molecule has 1 amide bonds. The number of methoxy groups -OCH3 is 2. The van der Waals surface area contributed by atoms with Crippen molar-refractivity contribution in [3.05, 3.63) is 48.0 Å². The van der Waals surface area contributed by atoms with Crippen LogP contribution in [0.25, 0.3) is 0 Å². The molecule has 2 aliphatic rings. The van der Waals surface area contributed by atoms with Crippen molar-refractivity contribution >= 4 is 15.7 Å². The Bertz CT molecular complexity index is 1060. The zero-order valence-electron chi connectivity index (χ0n) is 18.3. The fraction of sp³-hybridized carbons (Fsp3) is 0.435. The minimum Gasteiger partial charge on any atom is -0.493 e. The first-order chi connectivity index (χ1) is 15.4. The van der Waals surface area contributed by atoms with Gasteiger partial charge in [-0.05, 0) is 61.7 Å². The molecule has 172 valence electrons. The molecule has 4 rings (SSSR count). The molecule has 3 unspecified atom stereocenters. The number of para-hydroxylation sites is 1. The summed E-state index contributed by atoms with van der Waals surface area (Å²) in [5.41, 5.74) is 0.826. The lowest BCUT2D eigenvalue weighted by Gasteiger charge is -2.25. The number of piperidine rings is 1. The van der Waals surface area contributed by atoms with Crippen molar-refractivity contribution < 1.29 is 22.7 Å². The fourth-order valence-corrected chi connectivity index (χ4v) is 5.93. The van der Waals surface area contributed by atoms with Gasteiger partial charge in [0.2, 0.25) is 15.7 Å². The highest BCUT2D eigenvalue weighted by molar-refractivity contribution is 7.91. The molecule has 0 spiro atoms. The second-order valence-electron chi connectivity index (χ2n) is 8.17. The predicted molar refractivity (Wildman–Crippen MR) is 120 cm³/mol. The van der Waals surface area contributed by atoms with Gasteiger partial charge in [-0.3, -0.25) is 4.79 Å². The summed E-state index contributed by atoms with van der Waals surface area (Å²) in [4.78, 5) is 12.8. The van der Waals surface area contributed by atoms with Crippen LogP contribution in [0, 0.1) is 5.92 Å². The Labute approximate surface area is 188 Å². The zero-order valence-corrected chi connectivity index (χ0v) is 19.1. The molecule has 2 aromatic carbocycles. The minimum atomic E-state index is -3.80. The predicted octanol–water partition coefficient (Wildman–Crippen LogP) is 1.49. The Hall–Kier alpha value is -2.62. The molecule has 8 nitrogen and oxygen atoms in total. The van der Waals surface area contributed by atoms with Gasteiger partial charge in [-0.15, -0.1) is 0 Å². The van der Waals surface area contributed by atoms with Crippen molar-refractivity contribution in [3.63, 3.8) is 0 Å². The van der Waals surface area contributed by atoms with Crippen molar-refractivity contribution in [2.45, 2.75) is 41.3 Å². The molecule has 2 saturated heterocycles. The van der Waals surface area contributed by atoms with Crippen LogP contribution in [0.4, 0.5) is 0 Å². The molecule has 9 heteroatoms. The van der Waals surface area contributed by atoms with E-state index in [0.29, 0.717) is 24.3 Å². The average molecular weight is 460 g/mol. The highest BCUT2D eigenvalue weighted by Crippen LogP contribution is 2.36. The van der Waals surface area contributed by atoms with Crippen LogP contribution in [0.2, 0.25) is 0 Å². The molecule has 0 saturated carbocycles. The monoisotopic (exact) mass is 459 g/mol. The maximum atomic E-state index is 13.1. The van der Waals surface area contributed by atoms with Crippen LogP contribution < -0.4 is 25.4 Å². The van der Waals surface area contributed by atoms with Crippen LogP contribution in [0.5, 0.6) is 11.5 Å². The van der Waals surface area contributed by atoms with E-state index in [4.69, 9.17) is 9.47 Å². The number of amides is 1. The molecule has 0 radical (unpaired) electrons. The van der Waals surface area contributed by atoms with E-state index < -0.39 is 9.84 Å². The van der Waals surface area contributed by atoms with Crippen molar-refractivity contribution in [1.82, 2.24) is 16.0 Å². The molecular formula is C23H29N3O5S. The maximum absolute atomic E-state index is 13.1. The first-order valence-electron chi connectivity index (χ1n) is 10.7. The lowest BCUT2D eigenvalue weighted by molar-refractivity contribution is -0.123. The molecule has 2 aliphatic heterocycles. The number of hydrogen-bond acceptors (Lipinski definition) is 7. The Morgan fingerprint density at radius 1 is 1.12 bits per heavy atom. The van der Waals surface area contributed by atoms with E-state index >= 15 is 0 Å². The lowest BCUT2D eigenvalue weighted by Crippen LogP contribution is -2.45. The van der Waals surface area contributed by atoms with E-state index in [9.17, 15) is 13.2 Å². The second kappa shape index (κ2) is 9.48. The first-order valence-corrected chi connectivity index (χ1v) is 12.2. The fourth-order valence-electron chi connectivity index (χ4n) is 4.50. The summed E-state index contributed by atoms with van der Waals surface area (Å²) < 4.78 is 36.8. The third-order valence-electron chi connectivity index (χ3n) is 6.23. The standard InChI is InChI=1S/C23H29N3O5S/c1-30-20-4-3-5-21(22(20)31-2)32(28,29)17-8-6-15(7-9-17)13-25-23(27)19-12-16-14-24-11-10-18(16)26-19/h3-9,16,18-19,24,26H,10-14H2,1-2H3,(H,25,27). The smallest absolute Gasteiger partial charge is 0.237 e. The van der Waals surface area contributed by atoms with E-state index in [-0.39, 0.29) is 27.5 Å². The van der Waals surface area contributed by atoms with Crippen molar-refractivity contribution in [1.29, 1.82) is 0 Å². The maximum Gasteiger partial charge on any atom is 0.237 e. The highest BCUT2D eigenvalue weighted by atomic mass is 32.2. The normalized spacial score (nSPS) is 22.8. The topological polar surface area (TPSA) is 106 Å². The Morgan fingerprint density at radius 3 is 2.59 bits per heavy atom. The van der Waals surface area contributed by atoms with Gasteiger partial charge in [0.05, 0.1) is 25.2 Å². The van der Waals surface area contributed by atoms with Gasteiger partial charge in [0.25, 0.3) is 0 Å². The van der Waals surface area contributed by atoms with Gasteiger partial charge in [-0.1, -0.05) is 18.2 Å². The van der Waals surface area contributed by atoms with Crippen LogP contribution in [-0.2, 0) is 21.2 Å². The van der Waals surface area contributed by atoms with Crippen LogP contribution in [0.3, 0.4) is 0 Å². The van der Waals surface area contributed by atoms with Crippen molar-refractivity contribution in [2.75, 3.05) is 27.3 Å². The summed E-state index contributed by atoms with van der Waals surface area (Å²) in [6.45, 7) is 2.28. The summed E-state index contributed by atoms with van der Waals surface area (Å²) >= 11 is 0. The molecule has 0 bridgehead atoms. The number of ether oxygens (including phenoxy) is 2. The quantitative estimate of drug-likeness (QED) is 0.576. The van der Waals surface area contributed by atoms with E-state index in [1.807, 2.05) is 0 Å². The Kier molecular flexibility index (Phi) is 6.68. The number of carbonyl (C=O) groups is 1. The molecule has 2 aromatic rings. The van der Waals surface area contributed by atoms with Gasteiger partial charge in [-0.2, -0.15) is 0 Å². The van der Waals surface area contributed by atoms with Gasteiger partial charge >= 0.3 is 0 Å². The van der Waals surface area contributed by atoms with Gasteiger partial charge in [0.15, 0.2) is 11.5 Å². The van der Waals surface area contributed by atoms with Gasteiger partial charge in [0, 0.05) is 12.6 Å². The first kappa shape index (κ1) is 22.6. The van der Waals surface area contributed by atoms with Gasteiger partial charge in [0.1, 0.15) is 4.90 Å². The number of nitrogens with one attached hydrogen (secondary N) is 3. The molecular weight excluding hydrogens is 430 g/mol. The molecule has 0 aliphatic carbocycles. The number of sulfone groups is 1. The van der Waals surface area contributed by atoms with E-state index in [2.05, 4.69) is 16.0 Å². The Balaban J connectivity index is 1.42. The third-order valence-corrected chi connectivity index (χ3v) is 8.03. The summed E-state index contributed by atoms with van der Waals surface area (Å²) in [5.74, 6) is 1.00. The number of benzene rings is 2. The van der Waals surface area contributed by atoms with Crippen molar-refractivity contribution in [3.8, 4) is 11.5 Å². The van der Waals surface area contributed by atoms with Gasteiger partial charge < -0.3 is 25.4 Å². The van der Waals surface area contributed by atoms with E-state index in [1.54, 1.807) is 36.4 Å². The lowest BCUT2D eigenvalue weighted by atomic mass is 9.94. The molecule has 3 N–H and O–H groups in total. The molecule has 3 atom stereocenters. The van der Waals surface area contributed by atoms with Crippen LogP contribution in [-0.4, -0.2) is 53.7 Å². The van der Waals surface area contributed by atoms with Crippen LogP contribution in [0.15, 0.2) is 52.3 Å². The third kappa shape index (κ3) is 4.46. The highest BCUT2D eigenvalue weighted by Gasteiger charge is 2.38. The number of rotatable bonds is 7. The van der Waals surface area contributed by atoms with Crippen LogP contribution >= 0.6 is 0 Å². The van der Waals surface area contributed by atoms with Gasteiger partial charge in [-0.25, -0.2) is 8.42 Å². The largest absolute Gasteiger partial charge is 0.493 e. The average Bonchev–Trinajstić information content (AvgIpc) is 3.26. The summed E-state index contributed by atoms with van der Waals surface area (Å²) in [5, 5.41) is 9.79. The number of hydrogen-bond donors (Lipinski definition) is 3. The molecule has 2 fully saturated rings. The minimum absolute atomic E-state index is 0.0165.